The van der Waals surface area contributed by atoms with Crippen LogP contribution in [-0.2, 0) is 4.79 Å². The molecule has 2 unspecified atom stereocenters. The zero-order valence-electron chi connectivity index (χ0n) is 15.9. The average Bonchev–Trinajstić information content (AvgIpc) is 2.71. The van der Waals surface area contributed by atoms with Crippen LogP contribution in [0.4, 0.5) is 8.78 Å². The first kappa shape index (κ1) is 21.1. The molecule has 0 spiro atoms. The van der Waals surface area contributed by atoms with E-state index in [4.69, 9.17) is 17.0 Å². The van der Waals surface area contributed by atoms with Crippen molar-refractivity contribution < 1.29 is 23.4 Å². The molecular weight excluding hydrogens is 398 g/mol. The molecular formula is C21H22F2N2O3S. The van der Waals surface area contributed by atoms with Gasteiger partial charge in [-0.1, -0.05) is 30.4 Å². The Balaban J connectivity index is 1.95. The van der Waals surface area contributed by atoms with E-state index in [1.165, 1.54) is 11.9 Å². The number of para-hydroxylation sites is 1. The third-order valence-electron chi connectivity index (χ3n) is 4.88. The Labute approximate surface area is 173 Å². The van der Waals surface area contributed by atoms with Gasteiger partial charge in [0.2, 0.25) is 5.91 Å². The molecule has 1 heterocycles. The first-order valence-electron chi connectivity index (χ1n) is 9.30. The largest absolute Gasteiger partial charge is 0.493 e. The summed E-state index contributed by atoms with van der Waals surface area (Å²) < 4.78 is 33.6. The second kappa shape index (κ2) is 9.28. The van der Waals surface area contributed by atoms with Crippen LogP contribution in [0.2, 0.25) is 0 Å². The van der Waals surface area contributed by atoms with Gasteiger partial charge in [-0.05, 0) is 37.1 Å². The molecule has 0 aromatic heterocycles. The van der Waals surface area contributed by atoms with Crippen molar-refractivity contribution >= 4 is 23.1 Å². The number of nitrogens with one attached hydrogen (secondary N) is 1. The van der Waals surface area contributed by atoms with E-state index in [2.05, 4.69) is 5.43 Å². The first-order chi connectivity index (χ1) is 13.9. The number of aliphatic hydroxyl groups excluding tert-OH is 1. The Morgan fingerprint density at radius 1 is 1.31 bits per heavy atom. The fraction of sp³-hybridized carbons (Fsp3) is 0.333. The summed E-state index contributed by atoms with van der Waals surface area (Å²) in [7, 11) is 0. The van der Waals surface area contributed by atoms with Gasteiger partial charge in [-0.3, -0.25) is 10.2 Å². The molecule has 0 radical (unpaired) electrons. The predicted molar refractivity (Wildman–Crippen MR) is 108 cm³/mol. The van der Waals surface area contributed by atoms with Crippen molar-refractivity contribution in [2.75, 3.05) is 13.2 Å². The number of hydrogen-bond donors (Lipinski definition) is 2. The van der Waals surface area contributed by atoms with Crippen LogP contribution >= 0.6 is 12.2 Å². The van der Waals surface area contributed by atoms with Gasteiger partial charge in [0.15, 0.2) is 0 Å². The number of halogens is 2. The monoisotopic (exact) mass is 420 g/mol. The number of amides is 1. The molecule has 1 aliphatic heterocycles. The molecule has 3 rings (SSSR count). The molecule has 2 N–H and O–H groups in total. The minimum absolute atomic E-state index is 0.0191. The Kier molecular flexibility index (Phi) is 6.76. The van der Waals surface area contributed by atoms with E-state index in [0.29, 0.717) is 25.2 Å². The Morgan fingerprint density at radius 2 is 2.07 bits per heavy atom. The Hall–Kier alpha value is -2.58. The lowest BCUT2D eigenvalue weighted by Crippen LogP contribution is -2.51. The Morgan fingerprint density at radius 3 is 2.79 bits per heavy atom. The number of benzene rings is 2. The fourth-order valence-electron chi connectivity index (χ4n) is 3.53. The highest BCUT2D eigenvalue weighted by atomic mass is 32.1. The van der Waals surface area contributed by atoms with Gasteiger partial charge in [0.05, 0.1) is 12.6 Å². The molecule has 0 bridgehead atoms. The SMILES string of the molecule is CC(=O)N(NC(=S)c1cc(F)ccc1F)C1c2ccccc2OCC1CCCO. The van der Waals surface area contributed by atoms with Gasteiger partial charge >= 0.3 is 0 Å². The second-order valence-electron chi connectivity index (χ2n) is 6.87. The molecule has 154 valence electrons. The van der Waals surface area contributed by atoms with Crippen LogP contribution in [-0.4, -0.2) is 34.2 Å². The number of ether oxygens (including phenoxy) is 1. The molecule has 2 atom stereocenters. The van der Waals surface area contributed by atoms with E-state index in [0.717, 1.165) is 23.8 Å². The standard InChI is InChI=1S/C21H22F2N2O3S/c1-13(27)25(24-21(29)17-11-15(22)8-9-18(17)23)20-14(5-4-10-26)12-28-19-7-3-2-6-16(19)20/h2-3,6-9,11,14,20,26H,4-5,10,12H2,1H3,(H,24,29). The van der Waals surface area contributed by atoms with Gasteiger partial charge in [-0.25, -0.2) is 13.8 Å². The minimum Gasteiger partial charge on any atom is -0.493 e. The lowest BCUT2D eigenvalue weighted by molar-refractivity contribution is -0.136. The summed E-state index contributed by atoms with van der Waals surface area (Å²) in [6, 6.07) is 9.88. The number of fused-ring (bicyclic) bond motifs is 1. The van der Waals surface area contributed by atoms with Gasteiger partial charge < -0.3 is 9.84 Å². The summed E-state index contributed by atoms with van der Waals surface area (Å²) in [5.74, 6) is -1.11. The number of rotatable bonds is 5. The molecule has 5 nitrogen and oxygen atoms in total. The molecule has 0 saturated carbocycles. The topological polar surface area (TPSA) is 61.8 Å². The van der Waals surface area contributed by atoms with Crippen LogP contribution in [0.15, 0.2) is 42.5 Å². The molecule has 2 aromatic rings. The van der Waals surface area contributed by atoms with Crippen LogP contribution in [0, 0.1) is 17.6 Å². The lowest BCUT2D eigenvalue weighted by Gasteiger charge is -2.40. The van der Waals surface area contributed by atoms with Crippen molar-refractivity contribution in [3.63, 3.8) is 0 Å². The predicted octanol–water partition coefficient (Wildman–Crippen LogP) is 3.52. The van der Waals surface area contributed by atoms with Crippen molar-refractivity contribution in [2.24, 2.45) is 5.92 Å². The zero-order chi connectivity index (χ0) is 21.0. The number of carbonyl (C=O) groups excluding carboxylic acids is 1. The van der Waals surface area contributed by atoms with Gasteiger partial charge in [0.1, 0.15) is 22.4 Å². The summed E-state index contributed by atoms with van der Waals surface area (Å²) in [6.45, 7) is 1.75. The van der Waals surface area contributed by atoms with Crippen molar-refractivity contribution in [1.82, 2.24) is 10.4 Å². The summed E-state index contributed by atoms with van der Waals surface area (Å²) in [5.41, 5.74) is 3.47. The summed E-state index contributed by atoms with van der Waals surface area (Å²) in [6.07, 6.45) is 1.16. The number of carbonyl (C=O) groups is 1. The van der Waals surface area contributed by atoms with Crippen LogP contribution in [0.3, 0.4) is 0 Å². The third kappa shape index (κ3) is 4.71. The van der Waals surface area contributed by atoms with Crippen LogP contribution in [0.5, 0.6) is 5.75 Å². The van der Waals surface area contributed by atoms with Gasteiger partial charge in [-0.2, -0.15) is 0 Å². The minimum atomic E-state index is -0.684. The van der Waals surface area contributed by atoms with Crippen molar-refractivity contribution in [1.29, 1.82) is 0 Å². The normalized spacial score (nSPS) is 17.8. The number of hydrazine groups is 1. The van der Waals surface area contributed by atoms with Crippen molar-refractivity contribution in [3.05, 3.63) is 65.2 Å². The molecule has 0 fully saturated rings. The second-order valence-corrected chi connectivity index (χ2v) is 7.28. The molecule has 1 aliphatic rings. The molecule has 2 aromatic carbocycles. The van der Waals surface area contributed by atoms with E-state index >= 15 is 0 Å². The average molecular weight is 420 g/mol. The molecule has 1 amide bonds. The van der Waals surface area contributed by atoms with Crippen molar-refractivity contribution in [3.8, 4) is 5.75 Å². The maximum Gasteiger partial charge on any atom is 0.238 e. The van der Waals surface area contributed by atoms with E-state index in [9.17, 15) is 18.7 Å². The maximum absolute atomic E-state index is 14.2. The molecule has 8 heteroatoms. The number of nitrogens with zero attached hydrogens (tertiary/aromatic N) is 1. The van der Waals surface area contributed by atoms with Crippen LogP contribution in [0.1, 0.15) is 36.9 Å². The van der Waals surface area contributed by atoms with Crippen LogP contribution < -0.4 is 10.2 Å². The van der Waals surface area contributed by atoms with E-state index < -0.39 is 17.7 Å². The molecule has 0 aliphatic carbocycles. The van der Waals surface area contributed by atoms with Crippen molar-refractivity contribution in [2.45, 2.75) is 25.8 Å². The Bertz CT molecular complexity index is 909. The summed E-state index contributed by atoms with van der Waals surface area (Å²) >= 11 is 5.27. The molecule has 29 heavy (non-hydrogen) atoms. The highest BCUT2D eigenvalue weighted by Crippen LogP contribution is 2.40. The van der Waals surface area contributed by atoms with Gasteiger partial charge in [-0.15, -0.1) is 0 Å². The number of aliphatic hydroxyl groups is 1. The highest BCUT2D eigenvalue weighted by molar-refractivity contribution is 7.80. The number of hydrogen-bond acceptors (Lipinski definition) is 4. The van der Waals surface area contributed by atoms with Gasteiger partial charge in [0, 0.05) is 30.6 Å². The lowest BCUT2D eigenvalue weighted by atomic mass is 9.87. The molecule has 0 saturated heterocycles. The van der Waals surface area contributed by atoms with Gasteiger partial charge in [0.25, 0.3) is 0 Å². The van der Waals surface area contributed by atoms with E-state index in [1.807, 2.05) is 24.3 Å². The summed E-state index contributed by atoms with van der Waals surface area (Å²) in [5, 5.41) is 10.6. The maximum atomic E-state index is 14.2. The first-order valence-corrected chi connectivity index (χ1v) is 9.71. The van der Waals surface area contributed by atoms with Crippen LogP contribution in [0.25, 0.3) is 0 Å². The number of thiocarbonyl (C=S) groups is 1. The summed E-state index contributed by atoms with van der Waals surface area (Å²) in [4.78, 5) is 12.4. The third-order valence-corrected chi connectivity index (χ3v) is 5.19. The smallest absolute Gasteiger partial charge is 0.238 e. The quantitative estimate of drug-likeness (QED) is 0.573. The van der Waals surface area contributed by atoms with E-state index in [-0.39, 0.29) is 29.0 Å². The fourth-order valence-corrected chi connectivity index (χ4v) is 3.78. The highest BCUT2D eigenvalue weighted by Gasteiger charge is 2.37. The zero-order valence-corrected chi connectivity index (χ0v) is 16.7. The van der Waals surface area contributed by atoms with E-state index in [1.54, 1.807) is 0 Å².